The number of benzene rings is 2. The second kappa shape index (κ2) is 8.99. The lowest BCUT2D eigenvalue weighted by Crippen LogP contribution is -2.33. The maximum absolute atomic E-state index is 12.6. The van der Waals surface area contributed by atoms with E-state index in [0.29, 0.717) is 17.7 Å². The minimum Gasteiger partial charge on any atom is -0.326 e. The molecule has 0 saturated heterocycles. The Balaban J connectivity index is 1.60. The monoisotopic (exact) mass is 443 g/mol. The van der Waals surface area contributed by atoms with Crippen LogP contribution in [0.1, 0.15) is 43.1 Å². The molecule has 9 heteroatoms. The van der Waals surface area contributed by atoms with Gasteiger partial charge in [-0.05, 0) is 56.2 Å². The van der Waals surface area contributed by atoms with Crippen LogP contribution in [-0.2, 0) is 26.0 Å². The highest BCUT2D eigenvalue weighted by Gasteiger charge is 2.30. The van der Waals surface area contributed by atoms with Gasteiger partial charge in [0.15, 0.2) is 5.78 Å². The third-order valence-electron chi connectivity index (χ3n) is 5.11. The molecule has 8 nitrogen and oxygen atoms in total. The van der Waals surface area contributed by atoms with Crippen LogP contribution >= 0.6 is 0 Å². The second-order valence-electron chi connectivity index (χ2n) is 7.57. The van der Waals surface area contributed by atoms with Crippen molar-refractivity contribution in [2.24, 2.45) is 0 Å². The number of fused-ring (bicyclic) bond motifs is 1. The van der Waals surface area contributed by atoms with Gasteiger partial charge in [-0.3, -0.25) is 14.4 Å². The molecule has 3 rings (SSSR count). The van der Waals surface area contributed by atoms with Crippen molar-refractivity contribution in [3.05, 3.63) is 53.6 Å². The van der Waals surface area contributed by atoms with Crippen LogP contribution in [0.4, 0.5) is 11.4 Å². The molecule has 1 heterocycles. The standard InChI is InChI=1S/C22H25N3O5S/c1-14-11-18-13-20(7-8-21(18)25(14)16(3)27)31(29,30)23-10-9-22(28)24-19-6-4-5-17(12-19)15(2)26/h4-8,12-14,23H,9-11H2,1-3H3,(H,24,28)/t14-/m0/s1. The molecule has 31 heavy (non-hydrogen) atoms. The Labute approximate surface area is 181 Å². The van der Waals surface area contributed by atoms with Gasteiger partial charge in [-0.1, -0.05) is 12.1 Å². The van der Waals surface area contributed by atoms with Crippen LogP contribution in [0.5, 0.6) is 0 Å². The molecule has 0 saturated carbocycles. The Morgan fingerprint density at radius 3 is 2.52 bits per heavy atom. The first-order valence-electron chi connectivity index (χ1n) is 9.92. The Kier molecular flexibility index (Phi) is 6.56. The first kappa shape index (κ1) is 22.6. The Hall–Kier alpha value is -3.04. The summed E-state index contributed by atoms with van der Waals surface area (Å²) in [5.41, 5.74) is 2.48. The third-order valence-corrected chi connectivity index (χ3v) is 6.57. The Morgan fingerprint density at radius 2 is 1.84 bits per heavy atom. The second-order valence-corrected chi connectivity index (χ2v) is 9.33. The zero-order valence-electron chi connectivity index (χ0n) is 17.6. The summed E-state index contributed by atoms with van der Waals surface area (Å²) in [6.45, 7) is 4.76. The molecule has 0 aromatic heterocycles. The molecule has 0 radical (unpaired) electrons. The first-order valence-corrected chi connectivity index (χ1v) is 11.4. The van der Waals surface area contributed by atoms with E-state index >= 15 is 0 Å². The summed E-state index contributed by atoms with van der Waals surface area (Å²) in [6, 6.07) is 11.2. The number of carbonyl (C=O) groups excluding carboxylic acids is 3. The van der Waals surface area contributed by atoms with Gasteiger partial charge in [0.05, 0.1) is 4.90 Å². The maximum atomic E-state index is 12.6. The van der Waals surface area contributed by atoms with Crippen molar-refractivity contribution < 1.29 is 22.8 Å². The SMILES string of the molecule is CC(=O)c1cccc(NC(=O)CCNS(=O)(=O)c2ccc3c(c2)C[C@H](C)N3C(C)=O)c1. The third kappa shape index (κ3) is 5.18. The number of carbonyl (C=O) groups is 3. The van der Waals surface area contributed by atoms with E-state index in [1.165, 1.54) is 19.9 Å². The molecule has 2 N–H and O–H groups in total. The lowest BCUT2D eigenvalue weighted by atomic mass is 10.1. The molecule has 1 aliphatic heterocycles. The molecule has 0 bridgehead atoms. The molecule has 1 atom stereocenters. The summed E-state index contributed by atoms with van der Waals surface area (Å²) in [5.74, 6) is -0.567. The van der Waals surface area contributed by atoms with Crippen LogP contribution in [0.25, 0.3) is 0 Å². The molecular formula is C22H25N3O5S. The molecular weight excluding hydrogens is 418 g/mol. The van der Waals surface area contributed by atoms with Crippen LogP contribution in [0.2, 0.25) is 0 Å². The van der Waals surface area contributed by atoms with E-state index in [-0.39, 0.29) is 41.5 Å². The Morgan fingerprint density at radius 1 is 1.10 bits per heavy atom. The number of nitrogens with one attached hydrogen (secondary N) is 2. The zero-order valence-corrected chi connectivity index (χ0v) is 18.5. The van der Waals surface area contributed by atoms with Crippen LogP contribution in [0.3, 0.4) is 0 Å². The van der Waals surface area contributed by atoms with Crippen molar-refractivity contribution in [2.75, 3.05) is 16.8 Å². The fourth-order valence-corrected chi connectivity index (χ4v) is 4.76. The van der Waals surface area contributed by atoms with Crippen molar-refractivity contribution >= 4 is 39.0 Å². The summed E-state index contributed by atoms with van der Waals surface area (Å²) in [7, 11) is -3.80. The number of hydrogen-bond acceptors (Lipinski definition) is 5. The fourth-order valence-electron chi connectivity index (χ4n) is 3.68. The quantitative estimate of drug-likeness (QED) is 0.639. The minimum absolute atomic E-state index is 0.0244. The van der Waals surface area contributed by atoms with Gasteiger partial charge in [0, 0.05) is 42.9 Å². The van der Waals surface area contributed by atoms with Crippen LogP contribution in [-0.4, -0.2) is 38.6 Å². The zero-order chi connectivity index (χ0) is 22.8. The fraction of sp³-hybridized carbons (Fsp3) is 0.318. The van der Waals surface area contributed by atoms with Crippen molar-refractivity contribution in [1.82, 2.24) is 4.72 Å². The predicted molar refractivity (Wildman–Crippen MR) is 118 cm³/mol. The highest BCUT2D eigenvalue weighted by atomic mass is 32.2. The Bertz CT molecular complexity index is 1140. The smallest absolute Gasteiger partial charge is 0.240 e. The largest absolute Gasteiger partial charge is 0.326 e. The number of ketones is 1. The van der Waals surface area contributed by atoms with E-state index in [1.54, 1.807) is 41.3 Å². The topological polar surface area (TPSA) is 113 Å². The first-order chi connectivity index (χ1) is 14.6. The van der Waals surface area contributed by atoms with Gasteiger partial charge in [-0.25, -0.2) is 13.1 Å². The van der Waals surface area contributed by atoms with E-state index in [4.69, 9.17) is 0 Å². The van der Waals surface area contributed by atoms with Gasteiger partial charge >= 0.3 is 0 Å². The van der Waals surface area contributed by atoms with Gasteiger partial charge in [0.2, 0.25) is 21.8 Å². The normalized spacial score (nSPS) is 15.5. The molecule has 1 aliphatic rings. The maximum Gasteiger partial charge on any atom is 0.240 e. The average Bonchev–Trinajstić information content (AvgIpc) is 3.03. The summed E-state index contributed by atoms with van der Waals surface area (Å²) in [5, 5.41) is 2.65. The minimum atomic E-state index is -3.80. The van der Waals surface area contributed by atoms with Gasteiger partial charge in [0.25, 0.3) is 0 Å². The van der Waals surface area contributed by atoms with E-state index in [9.17, 15) is 22.8 Å². The molecule has 0 aliphatic carbocycles. The predicted octanol–water partition coefficient (Wildman–Crippen LogP) is 2.49. The number of amides is 2. The van der Waals surface area contributed by atoms with Crippen molar-refractivity contribution in [3.63, 3.8) is 0 Å². The number of Topliss-reactive ketones (excluding diaryl/α,β-unsaturated/α-hetero) is 1. The molecule has 0 spiro atoms. The molecule has 0 fully saturated rings. The van der Waals surface area contributed by atoms with E-state index in [0.717, 1.165) is 11.3 Å². The summed E-state index contributed by atoms with van der Waals surface area (Å²) < 4.78 is 27.7. The lowest BCUT2D eigenvalue weighted by molar-refractivity contribution is -0.117. The van der Waals surface area contributed by atoms with Crippen molar-refractivity contribution in [1.29, 1.82) is 0 Å². The van der Waals surface area contributed by atoms with Crippen LogP contribution < -0.4 is 14.9 Å². The van der Waals surface area contributed by atoms with E-state index in [2.05, 4.69) is 10.0 Å². The van der Waals surface area contributed by atoms with E-state index in [1.807, 2.05) is 6.92 Å². The highest BCUT2D eigenvalue weighted by Crippen LogP contribution is 2.33. The van der Waals surface area contributed by atoms with Gasteiger partial charge in [-0.15, -0.1) is 0 Å². The average molecular weight is 444 g/mol. The highest BCUT2D eigenvalue weighted by molar-refractivity contribution is 7.89. The lowest BCUT2D eigenvalue weighted by Gasteiger charge is -2.20. The molecule has 2 aromatic carbocycles. The van der Waals surface area contributed by atoms with Gasteiger partial charge in [-0.2, -0.15) is 0 Å². The van der Waals surface area contributed by atoms with Crippen molar-refractivity contribution in [3.8, 4) is 0 Å². The summed E-state index contributed by atoms with van der Waals surface area (Å²) >= 11 is 0. The van der Waals surface area contributed by atoms with Crippen molar-refractivity contribution in [2.45, 2.75) is 44.6 Å². The molecule has 164 valence electrons. The van der Waals surface area contributed by atoms with E-state index < -0.39 is 10.0 Å². The number of sulfonamides is 1. The number of hydrogen-bond donors (Lipinski definition) is 2. The number of rotatable bonds is 7. The molecule has 2 amide bonds. The summed E-state index contributed by atoms with van der Waals surface area (Å²) in [6.07, 6.45) is 0.517. The molecule has 2 aromatic rings. The van der Waals surface area contributed by atoms with Gasteiger partial charge in [0.1, 0.15) is 0 Å². The van der Waals surface area contributed by atoms with Crippen LogP contribution in [0.15, 0.2) is 47.4 Å². The summed E-state index contributed by atoms with van der Waals surface area (Å²) in [4.78, 5) is 37.2. The van der Waals surface area contributed by atoms with Crippen LogP contribution in [0, 0.1) is 0 Å². The van der Waals surface area contributed by atoms with Gasteiger partial charge < -0.3 is 10.2 Å². The molecule has 0 unspecified atom stereocenters. The number of anilines is 2. The number of nitrogens with zero attached hydrogens (tertiary/aromatic N) is 1.